The van der Waals surface area contributed by atoms with Gasteiger partial charge in [-0.25, -0.2) is 0 Å². The van der Waals surface area contributed by atoms with Crippen LogP contribution in [0.2, 0.25) is 0 Å². The topological polar surface area (TPSA) is 55.1 Å². The van der Waals surface area contributed by atoms with Crippen molar-refractivity contribution in [2.75, 3.05) is 5.73 Å². The van der Waals surface area contributed by atoms with Crippen molar-refractivity contribution in [2.45, 2.75) is 25.3 Å². The van der Waals surface area contributed by atoms with Crippen LogP contribution >= 0.6 is 11.3 Å². The minimum absolute atomic E-state index is 0.0555. The third-order valence-corrected chi connectivity index (χ3v) is 5.42. The van der Waals surface area contributed by atoms with E-state index in [4.69, 9.17) is 5.73 Å². The molecule has 0 saturated heterocycles. The summed E-state index contributed by atoms with van der Waals surface area (Å²) in [5.41, 5.74) is 10.3. The molecule has 0 bridgehead atoms. The number of nitrogen functional groups attached to an aromatic ring is 1. The zero-order chi connectivity index (χ0) is 14.4. The molecule has 0 spiro atoms. The summed E-state index contributed by atoms with van der Waals surface area (Å²) >= 11 is 1.59. The van der Waals surface area contributed by atoms with Gasteiger partial charge < -0.3 is 11.1 Å². The number of amides is 1. The number of rotatable bonds is 3. The molecule has 3 N–H and O–H groups in total. The third-order valence-electron chi connectivity index (χ3n) is 4.29. The van der Waals surface area contributed by atoms with Gasteiger partial charge in [-0.3, -0.25) is 4.79 Å². The van der Waals surface area contributed by atoms with Crippen molar-refractivity contribution >= 4 is 27.8 Å². The van der Waals surface area contributed by atoms with Crippen LogP contribution < -0.4 is 11.1 Å². The number of carbonyl (C=O) groups is 1. The molecule has 3 nitrogen and oxygen atoms in total. The van der Waals surface area contributed by atoms with Crippen molar-refractivity contribution < 1.29 is 4.79 Å². The lowest BCUT2D eigenvalue weighted by Crippen LogP contribution is -2.25. The van der Waals surface area contributed by atoms with E-state index in [0.717, 1.165) is 17.5 Å². The van der Waals surface area contributed by atoms with Gasteiger partial charge in [0.1, 0.15) is 0 Å². The monoisotopic (exact) mass is 296 g/mol. The Morgan fingerprint density at radius 2 is 2.14 bits per heavy atom. The van der Waals surface area contributed by atoms with Crippen LogP contribution in [0, 0.1) is 0 Å². The summed E-state index contributed by atoms with van der Waals surface area (Å²) in [5.74, 6) is 0.489. The van der Waals surface area contributed by atoms with Gasteiger partial charge in [-0.2, -0.15) is 0 Å². The molecule has 0 saturated carbocycles. The average Bonchev–Trinajstić information content (AvgIpc) is 3.04. The van der Waals surface area contributed by atoms with Crippen LogP contribution in [0.15, 0.2) is 36.4 Å². The van der Waals surface area contributed by atoms with Crippen LogP contribution in [0.1, 0.15) is 45.1 Å². The Morgan fingerprint density at radius 1 is 1.33 bits per heavy atom. The van der Waals surface area contributed by atoms with E-state index >= 15 is 0 Å². The lowest BCUT2D eigenvalue weighted by Gasteiger charge is -2.26. The molecule has 0 fully saturated rings. The number of nitrogens with two attached hydrogens (primary N) is 1. The highest BCUT2D eigenvalue weighted by molar-refractivity contribution is 7.17. The van der Waals surface area contributed by atoms with Crippen LogP contribution in [0.4, 0.5) is 5.00 Å². The Morgan fingerprint density at radius 3 is 2.95 bits per heavy atom. The van der Waals surface area contributed by atoms with E-state index in [2.05, 4.69) is 11.4 Å². The second-order valence-electron chi connectivity index (χ2n) is 5.54. The molecule has 1 aromatic heterocycles. The number of carbonyl (C=O) groups excluding carboxylic acids is 1. The van der Waals surface area contributed by atoms with Crippen molar-refractivity contribution in [2.24, 2.45) is 0 Å². The first-order valence-corrected chi connectivity index (χ1v) is 8.02. The predicted octanol–water partition coefficient (Wildman–Crippen LogP) is 3.53. The molecule has 2 aromatic rings. The first-order chi connectivity index (χ1) is 10.3. The molecule has 106 valence electrons. The fourth-order valence-corrected chi connectivity index (χ4v) is 4.51. The van der Waals surface area contributed by atoms with Gasteiger partial charge in [0, 0.05) is 22.9 Å². The van der Waals surface area contributed by atoms with E-state index in [1.54, 1.807) is 11.3 Å². The van der Waals surface area contributed by atoms with Gasteiger partial charge in [0.2, 0.25) is 0 Å². The number of hydrogen-bond acceptors (Lipinski definition) is 3. The number of nitrogens with one attached hydrogen (secondary N) is 1. The van der Waals surface area contributed by atoms with Gasteiger partial charge in [-0.1, -0.05) is 36.4 Å². The summed E-state index contributed by atoms with van der Waals surface area (Å²) in [6, 6.07) is 9.93. The average molecular weight is 296 g/mol. The Kier molecular flexibility index (Phi) is 2.86. The predicted molar refractivity (Wildman–Crippen MR) is 86.3 cm³/mol. The summed E-state index contributed by atoms with van der Waals surface area (Å²) in [6.07, 6.45) is 4.55. The van der Waals surface area contributed by atoms with Crippen molar-refractivity contribution in [3.63, 3.8) is 0 Å². The molecule has 2 aliphatic carbocycles. The molecule has 4 rings (SSSR count). The van der Waals surface area contributed by atoms with E-state index in [9.17, 15) is 4.79 Å². The lowest BCUT2D eigenvalue weighted by molar-refractivity contribution is 0.0951. The van der Waals surface area contributed by atoms with Crippen LogP contribution in [0.25, 0.3) is 5.57 Å². The van der Waals surface area contributed by atoms with E-state index in [0.29, 0.717) is 23.0 Å². The lowest BCUT2D eigenvalue weighted by atomic mass is 9.79. The number of thiophene rings is 1. The third kappa shape index (κ3) is 1.90. The van der Waals surface area contributed by atoms with E-state index in [1.807, 2.05) is 30.3 Å². The molecule has 1 amide bonds. The standard InChI is InChI=1S/C17H16N2OS/c18-16-14(13-11-7-4-8-12(11)15(13)21-16)17(20)19-9-10-5-2-1-3-6-10/h1-3,5-7,12H,4,8-9,18H2,(H,19,20). The molecule has 1 aromatic carbocycles. The van der Waals surface area contributed by atoms with E-state index in [1.165, 1.54) is 16.9 Å². The molecule has 2 aliphatic rings. The maximum atomic E-state index is 12.5. The van der Waals surface area contributed by atoms with Gasteiger partial charge in [0.05, 0.1) is 10.6 Å². The van der Waals surface area contributed by atoms with Gasteiger partial charge >= 0.3 is 0 Å². The molecule has 4 heteroatoms. The van der Waals surface area contributed by atoms with E-state index < -0.39 is 0 Å². The zero-order valence-corrected chi connectivity index (χ0v) is 12.4. The number of hydrogen-bond donors (Lipinski definition) is 2. The molecule has 1 heterocycles. The normalized spacial score (nSPS) is 18.5. The summed E-state index contributed by atoms with van der Waals surface area (Å²) in [6.45, 7) is 0.534. The second kappa shape index (κ2) is 4.74. The molecule has 1 unspecified atom stereocenters. The van der Waals surface area contributed by atoms with Crippen LogP contribution in [-0.4, -0.2) is 5.91 Å². The molecular weight excluding hydrogens is 280 g/mol. The van der Waals surface area contributed by atoms with Gasteiger partial charge in [-0.15, -0.1) is 11.3 Å². The SMILES string of the molecule is Nc1sc2c(c1C(=O)NCc1ccccc1)C1=CCCC12. The molecule has 0 radical (unpaired) electrons. The van der Waals surface area contributed by atoms with Crippen LogP contribution in [0.5, 0.6) is 0 Å². The highest BCUT2D eigenvalue weighted by atomic mass is 32.1. The summed E-state index contributed by atoms with van der Waals surface area (Å²) < 4.78 is 0. The Hall–Kier alpha value is -2.07. The van der Waals surface area contributed by atoms with Gasteiger partial charge in [0.15, 0.2) is 0 Å². The number of fused-ring (bicyclic) bond motifs is 4. The Labute approximate surface area is 127 Å². The molecule has 21 heavy (non-hydrogen) atoms. The number of anilines is 1. The van der Waals surface area contributed by atoms with Crippen molar-refractivity contribution in [1.82, 2.24) is 5.32 Å². The van der Waals surface area contributed by atoms with Gasteiger partial charge in [-0.05, 0) is 24.0 Å². The Bertz CT molecular complexity index is 746. The van der Waals surface area contributed by atoms with Crippen molar-refractivity contribution in [3.8, 4) is 0 Å². The number of benzene rings is 1. The minimum Gasteiger partial charge on any atom is -0.390 e. The largest absolute Gasteiger partial charge is 0.390 e. The smallest absolute Gasteiger partial charge is 0.255 e. The maximum Gasteiger partial charge on any atom is 0.255 e. The fraction of sp³-hybridized carbons (Fsp3) is 0.235. The maximum absolute atomic E-state index is 12.5. The highest BCUT2D eigenvalue weighted by Crippen LogP contribution is 2.58. The molecule has 0 aliphatic heterocycles. The number of allylic oxidation sites excluding steroid dienone is 2. The minimum atomic E-state index is -0.0555. The first kappa shape index (κ1) is 12.7. The van der Waals surface area contributed by atoms with Crippen LogP contribution in [0.3, 0.4) is 0 Å². The van der Waals surface area contributed by atoms with Gasteiger partial charge in [0.25, 0.3) is 5.91 Å². The second-order valence-corrected chi connectivity index (χ2v) is 6.62. The van der Waals surface area contributed by atoms with Crippen LogP contribution in [-0.2, 0) is 6.54 Å². The quantitative estimate of drug-likeness (QED) is 0.910. The first-order valence-electron chi connectivity index (χ1n) is 7.20. The van der Waals surface area contributed by atoms with E-state index in [-0.39, 0.29) is 5.91 Å². The van der Waals surface area contributed by atoms with Crippen molar-refractivity contribution in [3.05, 3.63) is 58.0 Å². The Balaban J connectivity index is 1.57. The molecular formula is C17H16N2OS. The van der Waals surface area contributed by atoms with Crippen molar-refractivity contribution in [1.29, 1.82) is 0 Å². The molecule has 1 atom stereocenters. The zero-order valence-electron chi connectivity index (χ0n) is 11.6. The fourth-order valence-electron chi connectivity index (χ4n) is 3.27. The summed E-state index contributed by atoms with van der Waals surface area (Å²) in [7, 11) is 0. The summed E-state index contributed by atoms with van der Waals surface area (Å²) in [5, 5.41) is 3.64. The summed E-state index contributed by atoms with van der Waals surface area (Å²) in [4.78, 5) is 13.8. The highest BCUT2D eigenvalue weighted by Gasteiger charge is 2.41.